The zero-order chi connectivity index (χ0) is 30.5. The van der Waals surface area contributed by atoms with E-state index in [1.165, 1.54) is 40.7 Å². The van der Waals surface area contributed by atoms with Crippen LogP contribution in [0.3, 0.4) is 0 Å². The summed E-state index contributed by atoms with van der Waals surface area (Å²) >= 11 is 0. The first-order valence-electron chi connectivity index (χ1n) is 15.3. The van der Waals surface area contributed by atoms with E-state index in [9.17, 15) is 0 Å². The number of pyridine rings is 2. The molecule has 1 aliphatic carbocycles. The summed E-state index contributed by atoms with van der Waals surface area (Å²) in [4.78, 5) is 13.3. The molecule has 0 unspecified atom stereocenters. The number of hydrogen-bond acceptors (Lipinski definition) is 4. The van der Waals surface area contributed by atoms with Gasteiger partial charge < -0.3 is 15.6 Å². The van der Waals surface area contributed by atoms with Crippen LogP contribution in [0, 0.1) is 0 Å². The number of H-pyrrole nitrogens is 1. The molecule has 0 aliphatic heterocycles. The molecule has 6 rings (SSSR count). The average Bonchev–Trinajstić information content (AvgIpc) is 3.73. The first kappa shape index (κ1) is 29.1. The molecule has 5 aromatic rings. The molecule has 220 valence electrons. The monoisotopic (exact) mass is 577 g/mol. The summed E-state index contributed by atoms with van der Waals surface area (Å²) in [5.41, 5.74) is 13.9. The lowest BCUT2D eigenvalue weighted by Crippen LogP contribution is -2.16. The fraction of sp³-hybridized carbons (Fsp3) is 0.179. The number of nitrogens with zero attached hydrogens (tertiary/aromatic N) is 2. The zero-order valence-corrected chi connectivity index (χ0v) is 25.6. The quantitative estimate of drug-likeness (QED) is 0.138. The molecule has 5 nitrogen and oxygen atoms in total. The fourth-order valence-electron chi connectivity index (χ4n) is 5.99. The molecule has 0 amide bonds. The Morgan fingerprint density at radius 1 is 1.00 bits per heavy atom. The molecular formula is C39H39N5. The van der Waals surface area contributed by atoms with Gasteiger partial charge in [-0.25, -0.2) is 9.97 Å². The van der Waals surface area contributed by atoms with E-state index >= 15 is 0 Å². The normalized spacial score (nSPS) is 13.2. The molecule has 5 heteroatoms. The minimum atomic E-state index is 0.707. The molecule has 2 aromatic carbocycles. The summed E-state index contributed by atoms with van der Waals surface area (Å²) in [7, 11) is 1.91. The highest BCUT2D eigenvalue weighted by molar-refractivity contribution is 5.97. The van der Waals surface area contributed by atoms with E-state index in [-0.39, 0.29) is 0 Å². The van der Waals surface area contributed by atoms with Crippen molar-refractivity contribution >= 4 is 27.9 Å². The predicted molar refractivity (Wildman–Crippen MR) is 186 cm³/mol. The Labute approximate surface area is 260 Å². The summed E-state index contributed by atoms with van der Waals surface area (Å²) in [5, 5.41) is 7.91. The number of allylic oxidation sites excluding steroid dienone is 3. The van der Waals surface area contributed by atoms with E-state index in [1.807, 2.05) is 38.4 Å². The van der Waals surface area contributed by atoms with E-state index in [1.54, 1.807) is 0 Å². The van der Waals surface area contributed by atoms with Crippen molar-refractivity contribution in [3.05, 3.63) is 150 Å². The van der Waals surface area contributed by atoms with E-state index < -0.39 is 0 Å². The van der Waals surface area contributed by atoms with Gasteiger partial charge in [0.15, 0.2) is 0 Å². The topological polar surface area (TPSA) is 65.6 Å². The molecule has 0 saturated heterocycles. The molecule has 3 N–H and O–H groups in total. The minimum Gasteiger partial charge on any atom is -0.386 e. The number of benzene rings is 2. The van der Waals surface area contributed by atoms with Gasteiger partial charge >= 0.3 is 0 Å². The number of aromatic amines is 1. The highest BCUT2D eigenvalue weighted by Gasteiger charge is 2.17. The number of fused-ring (bicyclic) bond motifs is 2. The number of aryl methyl sites for hydroxylation is 2. The molecule has 0 radical (unpaired) electrons. The third-order valence-electron chi connectivity index (χ3n) is 8.43. The van der Waals surface area contributed by atoms with Crippen LogP contribution >= 0.6 is 0 Å². The minimum absolute atomic E-state index is 0.707. The van der Waals surface area contributed by atoms with E-state index in [2.05, 4.69) is 107 Å². The van der Waals surface area contributed by atoms with Crippen LogP contribution in [0.5, 0.6) is 0 Å². The third kappa shape index (κ3) is 6.05. The Morgan fingerprint density at radius 3 is 2.64 bits per heavy atom. The fourth-order valence-corrected chi connectivity index (χ4v) is 5.99. The van der Waals surface area contributed by atoms with Crippen molar-refractivity contribution in [2.24, 2.45) is 0 Å². The molecule has 1 aliphatic rings. The van der Waals surface area contributed by atoms with E-state index in [0.717, 1.165) is 63.5 Å². The van der Waals surface area contributed by atoms with Gasteiger partial charge in [0, 0.05) is 43.0 Å². The second-order valence-electron chi connectivity index (χ2n) is 11.2. The molecule has 0 spiro atoms. The van der Waals surface area contributed by atoms with Gasteiger partial charge in [0.2, 0.25) is 0 Å². The second-order valence-corrected chi connectivity index (χ2v) is 11.2. The lowest BCUT2D eigenvalue weighted by molar-refractivity contribution is 0.747. The standard InChI is InChI=1S/C39H39N5/c1-5-27(24-41-25-28-11-8-7-9-12-28)21-29(6-2)35-17-18-36(40-4)38(43-35)26(3)37-23-34-33(19-20-42-39(34)44-37)32-16-15-30-13-10-14-31(30)22-32/h5-9,11-12,15-23,40-41H,1,3,10,13-14,24-25H2,2,4H3,(H,42,44)/b27-21+,29-6+. The van der Waals surface area contributed by atoms with Crippen molar-refractivity contribution in [1.29, 1.82) is 0 Å². The van der Waals surface area contributed by atoms with Crippen LogP contribution in [-0.2, 0) is 19.4 Å². The van der Waals surface area contributed by atoms with Gasteiger partial charge in [0.1, 0.15) is 5.65 Å². The van der Waals surface area contributed by atoms with Crippen molar-refractivity contribution in [3.8, 4) is 11.1 Å². The maximum Gasteiger partial charge on any atom is 0.138 e. The van der Waals surface area contributed by atoms with Crippen molar-refractivity contribution < 1.29 is 0 Å². The van der Waals surface area contributed by atoms with Crippen molar-refractivity contribution in [1.82, 2.24) is 20.3 Å². The van der Waals surface area contributed by atoms with Crippen LogP contribution in [0.15, 0.2) is 116 Å². The van der Waals surface area contributed by atoms with Crippen molar-refractivity contribution in [3.63, 3.8) is 0 Å². The molecule has 0 fully saturated rings. The Kier molecular flexibility index (Phi) is 8.67. The van der Waals surface area contributed by atoms with Crippen LogP contribution in [0.2, 0.25) is 0 Å². The first-order valence-corrected chi connectivity index (χ1v) is 15.3. The van der Waals surface area contributed by atoms with E-state index in [0.29, 0.717) is 6.54 Å². The lowest BCUT2D eigenvalue weighted by Gasteiger charge is -2.13. The van der Waals surface area contributed by atoms with Gasteiger partial charge in [-0.3, -0.25) is 0 Å². The van der Waals surface area contributed by atoms with Gasteiger partial charge in [-0.15, -0.1) is 0 Å². The molecule has 44 heavy (non-hydrogen) atoms. The van der Waals surface area contributed by atoms with Crippen molar-refractivity contribution in [2.75, 3.05) is 18.9 Å². The number of nitrogens with one attached hydrogen (secondary N) is 3. The van der Waals surface area contributed by atoms with Crippen LogP contribution in [0.25, 0.3) is 33.3 Å². The zero-order valence-electron chi connectivity index (χ0n) is 25.6. The van der Waals surface area contributed by atoms with Gasteiger partial charge in [0.25, 0.3) is 0 Å². The van der Waals surface area contributed by atoms with E-state index in [4.69, 9.17) is 4.98 Å². The number of anilines is 1. The predicted octanol–water partition coefficient (Wildman–Crippen LogP) is 8.52. The summed E-state index contributed by atoms with van der Waals surface area (Å²) in [6, 6.07) is 25.7. The highest BCUT2D eigenvalue weighted by Crippen LogP contribution is 2.35. The maximum absolute atomic E-state index is 5.13. The number of rotatable bonds is 11. The smallest absolute Gasteiger partial charge is 0.138 e. The Hall–Kier alpha value is -5.00. The molecule has 0 saturated carbocycles. The van der Waals surface area contributed by atoms with Crippen LogP contribution < -0.4 is 10.6 Å². The molecule has 3 aromatic heterocycles. The largest absolute Gasteiger partial charge is 0.386 e. The summed E-state index contributed by atoms with van der Waals surface area (Å²) in [6.07, 6.45) is 11.6. The summed E-state index contributed by atoms with van der Waals surface area (Å²) in [5.74, 6) is 0. The van der Waals surface area contributed by atoms with Crippen molar-refractivity contribution in [2.45, 2.75) is 32.7 Å². The second kappa shape index (κ2) is 13.1. The highest BCUT2D eigenvalue weighted by atomic mass is 14.9. The SMILES string of the molecule is C=C/C(=C\C(=C/C)c1ccc(NC)c(C(=C)c2cc3c(-c4ccc5c(c4)CCC5)ccnc3[nH]2)n1)CNCc1ccccc1. The number of aromatic nitrogens is 3. The van der Waals surface area contributed by atoms with Crippen LogP contribution in [0.1, 0.15) is 47.1 Å². The van der Waals surface area contributed by atoms with Gasteiger partial charge in [-0.2, -0.15) is 0 Å². The average molecular weight is 578 g/mol. The van der Waals surface area contributed by atoms with Gasteiger partial charge in [0.05, 0.1) is 17.1 Å². The number of hydrogen-bond donors (Lipinski definition) is 3. The van der Waals surface area contributed by atoms with Crippen LogP contribution in [0.4, 0.5) is 5.69 Å². The molecular weight excluding hydrogens is 538 g/mol. The van der Waals surface area contributed by atoms with Gasteiger partial charge in [-0.05, 0) is 95.5 Å². The maximum atomic E-state index is 5.13. The lowest BCUT2D eigenvalue weighted by atomic mass is 9.99. The Morgan fingerprint density at radius 2 is 1.84 bits per heavy atom. The summed E-state index contributed by atoms with van der Waals surface area (Å²) in [6.45, 7) is 12.1. The Bertz CT molecular complexity index is 1890. The van der Waals surface area contributed by atoms with Crippen LogP contribution in [-0.4, -0.2) is 28.5 Å². The molecule has 3 heterocycles. The third-order valence-corrected chi connectivity index (χ3v) is 8.43. The van der Waals surface area contributed by atoms with Gasteiger partial charge in [-0.1, -0.05) is 73.8 Å². The summed E-state index contributed by atoms with van der Waals surface area (Å²) < 4.78 is 0. The molecule has 0 bridgehead atoms. The molecule has 0 atom stereocenters. The first-order chi connectivity index (χ1) is 21.6. The Balaban J connectivity index is 1.28.